The quantitative estimate of drug-likeness (QED) is 0.712. The van der Waals surface area contributed by atoms with E-state index >= 15 is 0 Å². The third kappa shape index (κ3) is 2.03. The second-order valence-electron chi connectivity index (χ2n) is 3.49. The van der Waals surface area contributed by atoms with Crippen LogP contribution in [0.4, 0.5) is 0 Å². The minimum absolute atomic E-state index is 0.458. The van der Waals surface area contributed by atoms with Crippen LogP contribution in [-0.2, 0) is 6.42 Å². The third-order valence-electron chi connectivity index (χ3n) is 2.37. The molecule has 1 saturated carbocycles. The number of aromatic nitrogens is 1. The molecule has 0 spiro atoms. The van der Waals surface area contributed by atoms with Crippen LogP contribution in [0.2, 0.25) is 0 Å². The molecule has 14 heavy (non-hydrogen) atoms. The molecule has 1 heterocycles. The van der Waals surface area contributed by atoms with E-state index in [9.17, 15) is 0 Å². The molecule has 1 fully saturated rings. The lowest BCUT2D eigenvalue weighted by Crippen LogP contribution is -2.01. The molecule has 0 aromatic carbocycles. The lowest BCUT2D eigenvalue weighted by Gasteiger charge is -2.11. The van der Waals surface area contributed by atoms with Crippen molar-refractivity contribution in [3.8, 4) is 5.75 Å². The average Bonchev–Trinajstić information content (AvgIpc) is 3.01. The molecule has 3 heteroatoms. The maximum Gasteiger partial charge on any atom is 0.142 e. The molecule has 2 nitrogen and oxygen atoms in total. The van der Waals surface area contributed by atoms with E-state index in [1.54, 1.807) is 11.8 Å². The van der Waals surface area contributed by atoms with E-state index in [4.69, 9.17) is 4.74 Å². The van der Waals surface area contributed by atoms with E-state index < -0.39 is 0 Å². The molecule has 0 amide bonds. The van der Waals surface area contributed by atoms with Crippen molar-refractivity contribution in [2.75, 3.05) is 6.26 Å². The minimum Gasteiger partial charge on any atom is -0.488 e. The summed E-state index contributed by atoms with van der Waals surface area (Å²) in [6.45, 7) is 2.16. The molecule has 1 aromatic heterocycles. The Hall–Kier alpha value is -0.700. The zero-order valence-corrected chi connectivity index (χ0v) is 9.43. The highest BCUT2D eigenvalue weighted by molar-refractivity contribution is 7.98. The van der Waals surface area contributed by atoms with Gasteiger partial charge < -0.3 is 4.74 Å². The van der Waals surface area contributed by atoms with Gasteiger partial charge in [-0.3, -0.25) is 4.98 Å². The van der Waals surface area contributed by atoms with Gasteiger partial charge in [0.05, 0.1) is 12.3 Å². The van der Waals surface area contributed by atoms with Gasteiger partial charge in [0.1, 0.15) is 5.75 Å². The van der Waals surface area contributed by atoms with Gasteiger partial charge in [-0.25, -0.2) is 0 Å². The molecule has 0 bridgehead atoms. The topological polar surface area (TPSA) is 22.1 Å². The molecule has 1 aliphatic rings. The maximum atomic E-state index is 5.81. The summed E-state index contributed by atoms with van der Waals surface area (Å²) >= 11 is 1.74. The predicted molar refractivity (Wildman–Crippen MR) is 59.0 cm³/mol. The molecule has 0 aliphatic heterocycles. The Morgan fingerprint density at radius 2 is 2.29 bits per heavy atom. The van der Waals surface area contributed by atoms with Crippen LogP contribution in [-0.4, -0.2) is 17.3 Å². The summed E-state index contributed by atoms with van der Waals surface area (Å²) < 4.78 is 5.81. The monoisotopic (exact) mass is 209 g/mol. The number of hydrogen-bond donors (Lipinski definition) is 0. The van der Waals surface area contributed by atoms with Gasteiger partial charge in [-0.2, -0.15) is 0 Å². The summed E-state index contributed by atoms with van der Waals surface area (Å²) in [4.78, 5) is 5.44. The van der Waals surface area contributed by atoms with E-state index in [1.165, 1.54) is 23.3 Å². The summed E-state index contributed by atoms with van der Waals surface area (Å²) in [6.07, 6.45) is 9.72. The Balaban J connectivity index is 2.26. The molecule has 0 radical (unpaired) electrons. The number of thioether (sulfide) groups is 1. The van der Waals surface area contributed by atoms with Crippen LogP contribution in [0.3, 0.4) is 0 Å². The molecular weight excluding hydrogens is 194 g/mol. The summed E-state index contributed by atoms with van der Waals surface area (Å²) in [5, 5.41) is 0. The fourth-order valence-corrected chi connectivity index (χ4v) is 2.10. The van der Waals surface area contributed by atoms with Gasteiger partial charge in [-0.15, -0.1) is 11.8 Å². The van der Waals surface area contributed by atoms with E-state index in [2.05, 4.69) is 18.2 Å². The van der Waals surface area contributed by atoms with E-state index in [0.717, 1.165) is 12.2 Å². The Labute approximate surface area is 89.1 Å². The van der Waals surface area contributed by atoms with Crippen molar-refractivity contribution in [3.05, 3.63) is 18.0 Å². The number of pyridine rings is 1. The highest BCUT2D eigenvalue weighted by Crippen LogP contribution is 2.32. The highest BCUT2D eigenvalue weighted by Gasteiger charge is 2.24. The Kier molecular flexibility index (Phi) is 2.96. The largest absolute Gasteiger partial charge is 0.488 e. The second kappa shape index (κ2) is 4.22. The molecule has 0 atom stereocenters. The van der Waals surface area contributed by atoms with Crippen molar-refractivity contribution < 1.29 is 4.74 Å². The fourth-order valence-electron chi connectivity index (χ4n) is 1.44. The van der Waals surface area contributed by atoms with Gasteiger partial charge in [-0.05, 0) is 25.5 Å². The van der Waals surface area contributed by atoms with E-state index in [0.29, 0.717) is 6.10 Å². The number of rotatable bonds is 4. The second-order valence-corrected chi connectivity index (χ2v) is 4.34. The van der Waals surface area contributed by atoms with Gasteiger partial charge >= 0.3 is 0 Å². The van der Waals surface area contributed by atoms with Crippen LogP contribution in [0, 0.1) is 0 Å². The smallest absolute Gasteiger partial charge is 0.142 e. The van der Waals surface area contributed by atoms with Crippen molar-refractivity contribution in [2.45, 2.75) is 37.2 Å². The summed E-state index contributed by atoms with van der Waals surface area (Å²) in [6, 6.07) is 0. The van der Waals surface area contributed by atoms with Crippen molar-refractivity contribution >= 4 is 11.8 Å². The van der Waals surface area contributed by atoms with Gasteiger partial charge in [0.25, 0.3) is 0 Å². The van der Waals surface area contributed by atoms with Crippen LogP contribution in [0.25, 0.3) is 0 Å². The lowest BCUT2D eigenvalue weighted by molar-refractivity contribution is 0.298. The van der Waals surface area contributed by atoms with Gasteiger partial charge in [0.15, 0.2) is 0 Å². The van der Waals surface area contributed by atoms with Gasteiger partial charge in [0, 0.05) is 16.7 Å². The summed E-state index contributed by atoms with van der Waals surface area (Å²) in [5.41, 5.74) is 1.31. The first-order valence-electron chi connectivity index (χ1n) is 5.02. The van der Waals surface area contributed by atoms with E-state index in [-0.39, 0.29) is 0 Å². The van der Waals surface area contributed by atoms with Crippen LogP contribution in [0.5, 0.6) is 5.75 Å². The third-order valence-corrected chi connectivity index (χ3v) is 3.16. The average molecular weight is 209 g/mol. The Bertz CT molecular complexity index is 323. The molecule has 0 saturated heterocycles. The van der Waals surface area contributed by atoms with Crippen LogP contribution < -0.4 is 4.74 Å². The Morgan fingerprint density at radius 3 is 2.86 bits per heavy atom. The lowest BCUT2D eigenvalue weighted by atomic mass is 10.2. The molecule has 0 N–H and O–H groups in total. The Morgan fingerprint density at radius 1 is 1.50 bits per heavy atom. The van der Waals surface area contributed by atoms with E-state index in [1.807, 2.05) is 12.4 Å². The molecule has 2 rings (SSSR count). The number of nitrogens with zero attached hydrogens (tertiary/aromatic N) is 1. The molecule has 76 valence electrons. The van der Waals surface area contributed by atoms with Crippen LogP contribution >= 0.6 is 11.8 Å². The highest BCUT2D eigenvalue weighted by atomic mass is 32.2. The van der Waals surface area contributed by atoms with Crippen molar-refractivity contribution in [2.24, 2.45) is 0 Å². The first-order chi connectivity index (χ1) is 6.85. The number of ether oxygens (including phenoxy) is 1. The van der Waals surface area contributed by atoms with Gasteiger partial charge in [0.2, 0.25) is 0 Å². The summed E-state index contributed by atoms with van der Waals surface area (Å²) in [7, 11) is 0. The fraction of sp³-hybridized carbons (Fsp3) is 0.545. The predicted octanol–water partition coefficient (Wildman–Crippen LogP) is 2.91. The standard InChI is InChI=1S/C11H15NOS/c1-3-9-10(13-8-4-5-8)6-12-7-11(9)14-2/h6-8H,3-5H2,1-2H3. The van der Waals surface area contributed by atoms with Crippen LogP contribution in [0.1, 0.15) is 25.3 Å². The number of hydrogen-bond acceptors (Lipinski definition) is 3. The van der Waals surface area contributed by atoms with Crippen molar-refractivity contribution in [1.29, 1.82) is 0 Å². The van der Waals surface area contributed by atoms with Gasteiger partial charge in [-0.1, -0.05) is 6.92 Å². The maximum absolute atomic E-state index is 5.81. The zero-order chi connectivity index (χ0) is 9.97. The van der Waals surface area contributed by atoms with Crippen LogP contribution in [0.15, 0.2) is 17.3 Å². The molecular formula is C11H15NOS. The van der Waals surface area contributed by atoms with Crippen molar-refractivity contribution in [3.63, 3.8) is 0 Å². The SMILES string of the molecule is CCc1c(OC2CC2)cncc1SC. The first kappa shape index (κ1) is 9.84. The first-order valence-corrected chi connectivity index (χ1v) is 6.25. The van der Waals surface area contributed by atoms with Crippen molar-refractivity contribution in [1.82, 2.24) is 4.98 Å². The minimum atomic E-state index is 0.458. The normalized spacial score (nSPS) is 15.6. The molecule has 1 aromatic rings. The molecule has 0 unspecified atom stereocenters. The zero-order valence-electron chi connectivity index (χ0n) is 8.62. The summed E-state index contributed by atoms with van der Waals surface area (Å²) in [5.74, 6) is 0.988. The molecule has 1 aliphatic carbocycles.